The first kappa shape index (κ1) is 7.16. The van der Waals surface area contributed by atoms with Gasteiger partial charge in [-0.3, -0.25) is 0 Å². The zero-order valence-electron chi connectivity index (χ0n) is 7.09. The number of hydrogen-bond donors (Lipinski definition) is 1. The largest absolute Gasteiger partial charge is 0.370 e. The number of anilines is 1. The Labute approximate surface area is 70.4 Å². The van der Waals surface area contributed by atoms with Gasteiger partial charge >= 0.3 is 0 Å². The minimum Gasteiger partial charge on any atom is -0.370 e. The average Bonchev–Trinajstić information content (AvgIpc) is 2.46. The highest BCUT2D eigenvalue weighted by Gasteiger charge is 2.04. The van der Waals surface area contributed by atoms with Crippen molar-refractivity contribution in [2.24, 2.45) is 0 Å². The van der Waals surface area contributed by atoms with Crippen LogP contribution in [0.3, 0.4) is 0 Å². The molecule has 0 aliphatic heterocycles. The zero-order valence-corrected chi connectivity index (χ0v) is 7.09. The Morgan fingerprint density at radius 2 is 2.25 bits per heavy atom. The summed E-state index contributed by atoms with van der Waals surface area (Å²) in [4.78, 5) is 0. The second kappa shape index (κ2) is 2.52. The molecule has 3 heteroatoms. The number of aryl methyl sites for hydroxylation is 1. The summed E-state index contributed by atoms with van der Waals surface area (Å²) in [7, 11) is 1.83. The first-order chi connectivity index (χ1) is 5.81. The van der Waals surface area contributed by atoms with E-state index in [0.717, 1.165) is 16.8 Å². The fourth-order valence-corrected chi connectivity index (χ4v) is 1.23. The summed E-state index contributed by atoms with van der Waals surface area (Å²) in [6.45, 7) is 2.03. The zero-order chi connectivity index (χ0) is 8.55. The molecule has 0 aliphatic carbocycles. The van der Waals surface area contributed by atoms with Crippen LogP contribution in [0.25, 0.3) is 11.0 Å². The predicted octanol–water partition coefficient (Wildman–Crippen LogP) is 2.18. The van der Waals surface area contributed by atoms with Gasteiger partial charge in [-0.2, -0.15) is 0 Å². The molecule has 0 unspecified atom stereocenters. The Morgan fingerprint density at radius 3 is 3.00 bits per heavy atom. The van der Waals surface area contributed by atoms with Crippen LogP contribution in [0.4, 0.5) is 5.82 Å². The summed E-state index contributed by atoms with van der Waals surface area (Å²) >= 11 is 0. The van der Waals surface area contributed by atoms with E-state index >= 15 is 0 Å². The maximum absolute atomic E-state index is 5.11. The minimum absolute atomic E-state index is 0.796. The van der Waals surface area contributed by atoms with Crippen LogP contribution in [0.5, 0.6) is 0 Å². The summed E-state index contributed by atoms with van der Waals surface area (Å²) < 4.78 is 5.11. The molecule has 0 amide bonds. The summed E-state index contributed by atoms with van der Waals surface area (Å²) in [5.41, 5.74) is 2.01. The monoisotopic (exact) mass is 162 g/mol. The molecule has 0 atom stereocenters. The molecule has 1 heterocycles. The molecule has 2 aromatic rings. The molecule has 12 heavy (non-hydrogen) atoms. The summed E-state index contributed by atoms with van der Waals surface area (Å²) in [5, 5.41) is 7.86. The number of nitrogens with one attached hydrogen (secondary N) is 1. The third-order valence-corrected chi connectivity index (χ3v) is 1.86. The van der Waals surface area contributed by atoms with E-state index in [1.165, 1.54) is 5.56 Å². The molecule has 0 spiro atoms. The molecule has 1 N–H and O–H groups in total. The molecule has 3 nitrogen and oxygen atoms in total. The van der Waals surface area contributed by atoms with E-state index < -0.39 is 0 Å². The normalized spacial score (nSPS) is 10.5. The Hall–Kier alpha value is -1.51. The van der Waals surface area contributed by atoms with Crippen molar-refractivity contribution in [1.29, 1.82) is 0 Å². The second-order valence-corrected chi connectivity index (χ2v) is 2.78. The van der Waals surface area contributed by atoms with Gasteiger partial charge in [-0.15, -0.1) is 0 Å². The topological polar surface area (TPSA) is 38.1 Å². The minimum atomic E-state index is 0.796. The average molecular weight is 162 g/mol. The van der Waals surface area contributed by atoms with Gasteiger partial charge in [0.15, 0.2) is 11.4 Å². The van der Waals surface area contributed by atoms with E-state index in [2.05, 4.69) is 10.5 Å². The lowest BCUT2D eigenvalue weighted by Gasteiger charge is -1.92. The van der Waals surface area contributed by atoms with Crippen LogP contribution in [-0.2, 0) is 0 Å². The lowest BCUT2D eigenvalue weighted by molar-refractivity contribution is 0.459. The SMILES string of the molecule is CNc1noc2cc(C)ccc12. The Morgan fingerprint density at radius 1 is 1.42 bits per heavy atom. The van der Waals surface area contributed by atoms with E-state index in [-0.39, 0.29) is 0 Å². The molecule has 0 radical (unpaired) electrons. The summed E-state index contributed by atoms with van der Waals surface area (Å²) in [5.74, 6) is 0.796. The van der Waals surface area contributed by atoms with Crippen molar-refractivity contribution in [1.82, 2.24) is 5.16 Å². The van der Waals surface area contributed by atoms with Gasteiger partial charge in [-0.25, -0.2) is 0 Å². The van der Waals surface area contributed by atoms with Crippen molar-refractivity contribution in [3.63, 3.8) is 0 Å². The van der Waals surface area contributed by atoms with Gasteiger partial charge in [0.2, 0.25) is 0 Å². The van der Waals surface area contributed by atoms with E-state index in [0.29, 0.717) is 0 Å². The second-order valence-electron chi connectivity index (χ2n) is 2.78. The van der Waals surface area contributed by atoms with Crippen LogP contribution in [0.2, 0.25) is 0 Å². The molecule has 0 saturated carbocycles. The third-order valence-electron chi connectivity index (χ3n) is 1.86. The molecule has 2 rings (SSSR count). The Bertz CT molecular complexity index is 406. The van der Waals surface area contributed by atoms with Crippen molar-refractivity contribution in [2.45, 2.75) is 6.92 Å². The lowest BCUT2D eigenvalue weighted by Crippen LogP contribution is -1.86. The van der Waals surface area contributed by atoms with Gasteiger partial charge < -0.3 is 9.84 Å². The highest BCUT2D eigenvalue weighted by Crippen LogP contribution is 2.22. The summed E-state index contributed by atoms with van der Waals surface area (Å²) in [6, 6.07) is 6.02. The molecular weight excluding hydrogens is 152 g/mol. The van der Waals surface area contributed by atoms with E-state index in [9.17, 15) is 0 Å². The quantitative estimate of drug-likeness (QED) is 0.698. The van der Waals surface area contributed by atoms with Gasteiger partial charge in [0, 0.05) is 7.05 Å². The van der Waals surface area contributed by atoms with Crippen molar-refractivity contribution in [3.05, 3.63) is 23.8 Å². The van der Waals surface area contributed by atoms with Gasteiger partial charge in [0.1, 0.15) is 0 Å². The molecule has 0 saturated heterocycles. The molecule has 1 aromatic heterocycles. The fourth-order valence-electron chi connectivity index (χ4n) is 1.23. The van der Waals surface area contributed by atoms with Crippen molar-refractivity contribution < 1.29 is 4.52 Å². The molecule has 1 aromatic carbocycles. The lowest BCUT2D eigenvalue weighted by atomic mass is 10.2. The van der Waals surface area contributed by atoms with Gasteiger partial charge in [0.05, 0.1) is 5.39 Å². The third kappa shape index (κ3) is 0.942. The number of fused-ring (bicyclic) bond motifs is 1. The number of nitrogens with zero attached hydrogens (tertiary/aromatic N) is 1. The van der Waals surface area contributed by atoms with Crippen LogP contribution < -0.4 is 5.32 Å². The van der Waals surface area contributed by atoms with E-state index in [1.807, 2.05) is 32.2 Å². The number of benzene rings is 1. The van der Waals surface area contributed by atoms with Crippen LogP contribution >= 0.6 is 0 Å². The number of hydrogen-bond acceptors (Lipinski definition) is 3. The van der Waals surface area contributed by atoms with Crippen LogP contribution in [0, 0.1) is 6.92 Å². The predicted molar refractivity (Wildman–Crippen MR) is 48.3 cm³/mol. The van der Waals surface area contributed by atoms with Crippen molar-refractivity contribution in [3.8, 4) is 0 Å². The summed E-state index contributed by atoms with van der Waals surface area (Å²) in [6.07, 6.45) is 0. The number of aromatic nitrogens is 1. The first-order valence-corrected chi connectivity index (χ1v) is 3.85. The van der Waals surface area contributed by atoms with Crippen LogP contribution in [0.15, 0.2) is 22.7 Å². The molecule has 0 aliphatic rings. The van der Waals surface area contributed by atoms with Gasteiger partial charge in [0.25, 0.3) is 0 Å². The van der Waals surface area contributed by atoms with E-state index in [4.69, 9.17) is 4.52 Å². The van der Waals surface area contributed by atoms with Gasteiger partial charge in [-0.05, 0) is 24.6 Å². The maximum atomic E-state index is 5.11. The number of rotatable bonds is 1. The van der Waals surface area contributed by atoms with Crippen molar-refractivity contribution >= 4 is 16.8 Å². The molecule has 0 bridgehead atoms. The first-order valence-electron chi connectivity index (χ1n) is 3.85. The van der Waals surface area contributed by atoms with E-state index in [1.54, 1.807) is 0 Å². The van der Waals surface area contributed by atoms with Crippen LogP contribution in [-0.4, -0.2) is 12.2 Å². The molecule has 0 fully saturated rings. The smallest absolute Gasteiger partial charge is 0.177 e. The Balaban J connectivity index is 2.73. The highest BCUT2D eigenvalue weighted by atomic mass is 16.5. The van der Waals surface area contributed by atoms with Crippen LogP contribution in [0.1, 0.15) is 5.56 Å². The van der Waals surface area contributed by atoms with Crippen molar-refractivity contribution in [2.75, 3.05) is 12.4 Å². The highest BCUT2D eigenvalue weighted by molar-refractivity contribution is 5.88. The Kier molecular flexibility index (Phi) is 1.50. The molecular formula is C9H10N2O. The fraction of sp³-hybridized carbons (Fsp3) is 0.222. The molecule has 62 valence electrons. The van der Waals surface area contributed by atoms with Gasteiger partial charge in [-0.1, -0.05) is 11.2 Å². The maximum Gasteiger partial charge on any atom is 0.177 e. The standard InChI is InChI=1S/C9H10N2O/c1-6-3-4-7-8(5-6)12-11-9(7)10-2/h3-5H,1-2H3,(H,10,11).